The lowest BCUT2D eigenvalue weighted by atomic mass is 9.91. The molecule has 94 valence electrons. The van der Waals surface area contributed by atoms with E-state index >= 15 is 0 Å². The molecule has 0 spiro atoms. The Kier molecular flexibility index (Phi) is 3.83. The van der Waals surface area contributed by atoms with Gasteiger partial charge < -0.3 is 11.1 Å². The van der Waals surface area contributed by atoms with Crippen molar-refractivity contribution in [3.8, 4) is 0 Å². The standard InChI is InChI=1S/C11H17BrN4O/c1-16-11(17)10(12)9(6-14-16)15-8-5-3-2-4-7(8)13/h6-8,15H,2-5,13H2,1H3/t7-,8-/m1/s1. The molecule has 0 aliphatic heterocycles. The third-order valence-corrected chi connectivity index (χ3v) is 4.00. The van der Waals surface area contributed by atoms with Crippen LogP contribution in [-0.2, 0) is 7.05 Å². The highest BCUT2D eigenvalue weighted by atomic mass is 79.9. The quantitative estimate of drug-likeness (QED) is 0.861. The highest BCUT2D eigenvalue weighted by Gasteiger charge is 2.22. The first kappa shape index (κ1) is 12.6. The first-order chi connectivity index (χ1) is 8.09. The van der Waals surface area contributed by atoms with Gasteiger partial charge in [0.25, 0.3) is 5.56 Å². The van der Waals surface area contributed by atoms with Gasteiger partial charge in [-0.2, -0.15) is 5.10 Å². The maximum Gasteiger partial charge on any atom is 0.282 e. The van der Waals surface area contributed by atoms with Gasteiger partial charge in [-0.15, -0.1) is 0 Å². The number of anilines is 1. The Hall–Kier alpha value is -0.880. The van der Waals surface area contributed by atoms with Crippen LogP contribution in [-0.4, -0.2) is 21.9 Å². The van der Waals surface area contributed by atoms with Crippen molar-refractivity contribution in [1.82, 2.24) is 9.78 Å². The highest BCUT2D eigenvalue weighted by Crippen LogP contribution is 2.23. The summed E-state index contributed by atoms with van der Waals surface area (Å²) in [5.41, 5.74) is 6.66. The van der Waals surface area contributed by atoms with Crippen molar-refractivity contribution >= 4 is 21.6 Å². The van der Waals surface area contributed by atoms with Crippen LogP contribution in [0.1, 0.15) is 25.7 Å². The maximum absolute atomic E-state index is 11.7. The number of nitrogens with zero attached hydrogens (tertiary/aromatic N) is 2. The molecule has 2 rings (SSSR count). The molecule has 1 fully saturated rings. The van der Waals surface area contributed by atoms with Crippen molar-refractivity contribution in [2.75, 3.05) is 5.32 Å². The molecular weight excluding hydrogens is 284 g/mol. The molecule has 1 aromatic rings. The second kappa shape index (κ2) is 5.18. The summed E-state index contributed by atoms with van der Waals surface area (Å²) in [7, 11) is 1.63. The van der Waals surface area contributed by atoms with Gasteiger partial charge in [0.05, 0.1) is 11.9 Å². The van der Waals surface area contributed by atoms with Crippen LogP contribution in [0, 0.1) is 0 Å². The average Bonchev–Trinajstić information content (AvgIpc) is 2.32. The monoisotopic (exact) mass is 300 g/mol. The molecule has 1 aromatic heterocycles. The zero-order chi connectivity index (χ0) is 12.4. The number of rotatable bonds is 2. The fourth-order valence-corrected chi connectivity index (χ4v) is 2.62. The largest absolute Gasteiger partial charge is 0.378 e. The summed E-state index contributed by atoms with van der Waals surface area (Å²) in [4.78, 5) is 11.7. The van der Waals surface area contributed by atoms with E-state index in [9.17, 15) is 4.79 Å². The van der Waals surface area contributed by atoms with E-state index in [1.54, 1.807) is 13.2 Å². The molecule has 5 nitrogen and oxygen atoms in total. The normalized spacial score (nSPS) is 24.6. The molecule has 0 amide bonds. The Balaban J connectivity index is 2.18. The first-order valence-corrected chi connectivity index (χ1v) is 6.63. The van der Waals surface area contributed by atoms with Gasteiger partial charge >= 0.3 is 0 Å². The molecule has 1 saturated carbocycles. The molecule has 0 bridgehead atoms. The number of hydrogen-bond donors (Lipinski definition) is 2. The number of nitrogens with one attached hydrogen (secondary N) is 1. The number of halogens is 1. The molecule has 0 aromatic carbocycles. The van der Waals surface area contributed by atoms with Gasteiger partial charge in [-0.1, -0.05) is 12.8 Å². The third-order valence-electron chi connectivity index (χ3n) is 3.24. The predicted octanol–water partition coefficient (Wildman–Crippen LogP) is 1.22. The molecule has 0 radical (unpaired) electrons. The molecule has 1 heterocycles. The predicted molar refractivity (Wildman–Crippen MR) is 71.0 cm³/mol. The summed E-state index contributed by atoms with van der Waals surface area (Å²) >= 11 is 3.30. The summed E-state index contributed by atoms with van der Waals surface area (Å²) in [6.45, 7) is 0. The first-order valence-electron chi connectivity index (χ1n) is 5.83. The Labute approximate surface area is 109 Å². The minimum absolute atomic E-state index is 0.139. The molecule has 6 heteroatoms. The Morgan fingerprint density at radius 2 is 2.24 bits per heavy atom. The molecule has 2 atom stereocenters. The van der Waals surface area contributed by atoms with Crippen LogP contribution in [0.2, 0.25) is 0 Å². The van der Waals surface area contributed by atoms with Gasteiger partial charge in [0, 0.05) is 19.1 Å². The van der Waals surface area contributed by atoms with E-state index in [0.29, 0.717) is 4.47 Å². The van der Waals surface area contributed by atoms with Crippen LogP contribution in [0.5, 0.6) is 0 Å². The van der Waals surface area contributed by atoms with Gasteiger partial charge in [-0.25, -0.2) is 4.68 Å². The molecule has 0 unspecified atom stereocenters. The van der Waals surface area contributed by atoms with Crippen molar-refractivity contribution < 1.29 is 0 Å². The van der Waals surface area contributed by atoms with Crippen molar-refractivity contribution in [1.29, 1.82) is 0 Å². The lowest BCUT2D eigenvalue weighted by Gasteiger charge is -2.30. The van der Waals surface area contributed by atoms with Crippen molar-refractivity contribution in [2.24, 2.45) is 12.8 Å². The van der Waals surface area contributed by atoms with Crippen LogP contribution in [0.25, 0.3) is 0 Å². The van der Waals surface area contributed by atoms with E-state index in [0.717, 1.165) is 18.5 Å². The molecule has 1 aliphatic rings. The minimum atomic E-state index is -0.139. The SMILES string of the molecule is Cn1ncc(N[C@@H]2CCCC[C@H]2N)c(Br)c1=O. The van der Waals surface area contributed by atoms with Crippen LogP contribution < -0.4 is 16.6 Å². The average molecular weight is 301 g/mol. The summed E-state index contributed by atoms with van der Waals surface area (Å²) in [5.74, 6) is 0. The van der Waals surface area contributed by atoms with Gasteiger partial charge in [0.1, 0.15) is 4.47 Å². The van der Waals surface area contributed by atoms with E-state index in [4.69, 9.17) is 5.73 Å². The van der Waals surface area contributed by atoms with E-state index in [2.05, 4.69) is 26.3 Å². The Bertz CT molecular complexity index is 459. The summed E-state index contributed by atoms with van der Waals surface area (Å²) in [6.07, 6.45) is 6.11. The number of aryl methyl sites for hydroxylation is 1. The molecular formula is C11H17BrN4O. The second-order valence-corrected chi connectivity index (χ2v) is 5.29. The maximum atomic E-state index is 11.7. The molecule has 3 N–H and O–H groups in total. The smallest absolute Gasteiger partial charge is 0.282 e. The van der Waals surface area contributed by atoms with Crippen LogP contribution in [0.4, 0.5) is 5.69 Å². The van der Waals surface area contributed by atoms with Crippen LogP contribution >= 0.6 is 15.9 Å². The fourth-order valence-electron chi connectivity index (χ4n) is 2.15. The Morgan fingerprint density at radius 1 is 1.53 bits per heavy atom. The van der Waals surface area contributed by atoms with E-state index in [1.807, 2.05) is 0 Å². The third kappa shape index (κ3) is 2.69. The van der Waals surface area contributed by atoms with Crippen LogP contribution in [0.3, 0.4) is 0 Å². The molecule has 0 saturated heterocycles. The van der Waals surface area contributed by atoms with Crippen molar-refractivity contribution in [2.45, 2.75) is 37.8 Å². The molecule has 17 heavy (non-hydrogen) atoms. The van der Waals surface area contributed by atoms with E-state index in [-0.39, 0.29) is 17.6 Å². The topological polar surface area (TPSA) is 72.9 Å². The van der Waals surface area contributed by atoms with E-state index in [1.165, 1.54) is 17.5 Å². The number of hydrogen-bond acceptors (Lipinski definition) is 4. The van der Waals surface area contributed by atoms with Crippen molar-refractivity contribution in [3.05, 3.63) is 21.0 Å². The number of aromatic nitrogens is 2. The summed E-state index contributed by atoms with van der Waals surface area (Å²) in [5, 5.41) is 7.32. The number of nitrogens with two attached hydrogens (primary N) is 1. The minimum Gasteiger partial charge on any atom is -0.378 e. The van der Waals surface area contributed by atoms with Gasteiger partial charge in [0.2, 0.25) is 0 Å². The zero-order valence-corrected chi connectivity index (χ0v) is 11.4. The van der Waals surface area contributed by atoms with Gasteiger partial charge in [-0.3, -0.25) is 4.79 Å². The van der Waals surface area contributed by atoms with Gasteiger partial charge in [0.15, 0.2) is 0 Å². The second-order valence-electron chi connectivity index (χ2n) is 4.50. The van der Waals surface area contributed by atoms with E-state index < -0.39 is 0 Å². The van der Waals surface area contributed by atoms with Crippen LogP contribution in [0.15, 0.2) is 15.5 Å². The highest BCUT2D eigenvalue weighted by molar-refractivity contribution is 9.10. The van der Waals surface area contributed by atoms with Crippen molar-refractivity contribution in [3.63, 3.8) is 0 Å². The summed E-state index contributed by atoms with van der Waals surface area (Å²) in [6, 6.07) is 0.383. The lowest BCUT2D eigenvalue weighted by Crippen LogP contribution is -2.43. The Morgan fingerprint density at radius 3 is 2.94 bits per heavy atom. The summed E-state index contributed by atoms with van der Waals surface area (Å²) < 4.78 is 1.82. The fraction of sp³-hybridized carbons (Fsp3) is 0.636. The molecule has 1 aliphatic carbocycles. The van der Waals surface area contributed by atoms with Gasteiger partial charge in [-0.05, 0) is 28.8 Å². The zero-order valence-electron chi connectivity index (χ0n) is 9.82. The lowest BCUT2D eigenvalue weighted by molar-refractivity contribution is 0.403.